The average Bonchev–Trinajstić information content (AvgIpc) is 2.72. The molecule has 0 radical (unpaired) electrons. The zero-order valence-electron chi connectivity index (χ0n) is 17.6. The van der Waals surface area contributed by atoms with E-state index in [9.17, 15) is 9.59 Å². The molecule has 1 atom stereocenters. The van der Waals surface area contributed by atoms with Crippen molar-refractivity contribution in [1.29, 1.82) is 0 Å². The maximum absolute atomic E-state index is 12.3. The van der Waals surface area contributed by atoms with Gasteiger partial charge in [0.15, 0.2) is 6.61 Å². The van der Waals surface area contributed by atoms with Gasteiger partial charge >= 0.3 is 5.63 Å². The Morgan fingerprint density at radius 2 is 1.93 bits per heavy atom. The first-order chi connectivity index (χ1) is 14.4. The van der Waals surface area contributed by atoms with Gasteiger partial charge in [-0.2, -0.15) is 0 Å². The highest BCUT2D eigenvalue weighted by molar-refractivity contribution is 5.81. The molecule has 0 aliphatic heterocycles. The van der Waals surface area contributed by atoms with Gasteiger partial charge in [0.2, 0.25) is 0 Å². The maximum Gasteiger partial charge on any atom is 0.336 e. The summed E-state index contributed by atoms with van der Waals surface area (Å²) in [5, 5.41) is 3.74. The highest BCUT2D eigenvalue weighted by Gasteiger charge is 2.16. The highest BCUT2D eigenvalue weighted by Crippen LogP contribution is 2.23. The number of carbonyl (C=O) groups is 1. The molecule has 0 aliphatic rings. The number of nitrogens with one attached hydrogen (secondary N) is 1. The predicted molar refractivity (Wildman–Crippen MR) is 115 cm³/mol. The minimum atomic E-state index is -0.415. The Hall–Kier alpha value is -3.32. The van der Waals surface area contributed by atoms with Crippen LogP contribution in [-0.2, 0) is 4.79 Å². The number of hydrogen-bond acceptors (Lipinski definition) is 6. The Morgan fingerprint density at radius 3 is 2.67 bits per heavy atom. The highest BCUT2D eigenvalue weighted by atomic mass is 16.5. The van der Waals surface area contributed by atoms with E-state index >= 15 is 0 Å². The summed E-state index contributed by atoms with van der Waals surface area (Å²) in [4.78, 5) is 25.9. The van der Waals surface area contributed by atoms with Crippen LogP contribution in [0.15, 0.2) is 57.7 Å². The number of rotatable bonds is 8. The zero-order chi connectivity index (χ0) is 21.7. The molecule has 0 aliphatic carbocycles. The van der Waals surface area contributed by atoms with Crippen LogP contribution >= 0.6 is 0 Å². The van der Waals surface area contributed by atoms with Crippen molar-refractivity contribution < 1.29 is 18.7 Å². The number of benzene rings is 2. The molecule has 7 heteroatoms. The zero-order valence-corrected chi connectivity index (χ0v) is 17.6. The van der Waals surface area contributed by atoms with Gasteiger partial charge in [-0.05, 0) is 56.4 Å². The van der Waals surface area contributed by atoms with Crippen LogP contribution in [-0.4, -0.2) is 45.2 Å². The molecule has 0 unspecified atom stereocenters. The molecule has 0 fully saturated rings. The fourth-order valence-electron chi connectivity index (χ4n) is 3.25. The predicted octanol–water partition coefficient (Wildman–Crippen LogP) is 2.91. The first-order valence-electron chi connectivity index (χ1n) is 9.62. The summed E-state index contributed by atoms with van der Waals surface area (Å²) < 4.78 is 16.1. The van der Waals surface area contributed by atoms with Crippen LogP contribution in [0.4, 0.5) is 0 Å². The molecular weight excluding hydrogens is 384 g/mol. The minimum Gasteiger partial charge on any atom is -0.497 e. The van der Waals surface area contributed by atoms with Crippen molar-refractivity contribution in [2.75, 3.05) is 34.4 Å². The van der Waals surface area contributed by atoms with E-state index in [0.29, 0.717) is 17.9 Å². The van der Waals surface area contributed by atoms with E-state index in [1.807, 2.05) is 56.3 Å². The average molecular weight is 410 g/mol. The lowest BCUT2D eigenvalue weighted by atomic mass is 10.1. The van der Waals surface area contributed by atoms with Gasteiger partial charge in [0.25, 0.3) is 5.91 Å². The van der Waals surface area contributed by atoms with Crippen LogP contribution < -0.4 is 20.4 Å². The van der Waals surface area contributed by atoms with E-state index in [-0.39, 0.29) is 18.6 Å². The van der Waals surface area contributed by atoms with Crippen molar-refractivity contribution >= 4 is 16.9 Å². The Balaban J connectivity index is 1.61. The van der Waals surface area contributed by atoms with E-state index in [4.69, 9.17) is 13.9 Å². The van der Waals surface area contributed by atoms with Crippen LogP contribution in [0.2, 0.25) is 0 Å². The molecule has 0 saturated heterocycles. The number of nitrogens with zero attached hydrogens (tertiary/aromatic N) is 1. The second-order valence-electron chi connectivity index (χ2n) is 7.26. The Bertz CT molecular complexity index is 1090. The number of methoxy groups -OCH3 is 1. The molecule has 158 valence electrons. The van der Waals surface area contributed by atoms with E-state index < -0.39 is 5.63 Å². The molecule has 0 saturated carbocycles. The second-order valence-corrected chi connectivity index (χ2v) is 7.26. The summed E-state index contributed by atoms with van der Waals surface area (Å²) in [6.07, 6.45) is 0. The van der Waals surface area contributed by atoms with Gasteiger partial charge < -0.3 is 24.1 Å². The van der Waals surface area contributed by atoms with Gasteiger partial charge in [-0.1, -0.05) is 12.1 Å². The molecular formula is C23H26N2O5. The summed E-state index contributed by atoms with van der Waals surface area (Å²) in [5.41, 5.74) is 1.89. The van der Waals surface area contributed by atoms with Crippen LogP contribution in [0.5, 0.6) is 11.5 Å². The van der Waals surface area contributed by atoms with Gasteiger partial charge in [-0.3, -0.25) is 4.79 Å². The van der Waals surface area contributed by atoms with E-state index in [1.54, 1.807) is 19.2 Å². The van der Waals surface area contributed by atoms with Crippen molar-refractivity contribution in [1.82, 2.24) is 10.2 Å². The van der Waals surface area contributed by atoms with Crippen molar-refractivity contribution in [3.63, 3.8) is 0 Å². The maximum atomic E-state index is 12.3. The summed E-state index contributed by atoms with van der Waals surface area (Å²) in [7, 11) is 5.54. The first kappa shape index (κ1) is 21.4. The molecule has 1 amide bonds. The third-order valence-electron chi connectivity index (χ3n) is 4.89. The number of likely N-dealkylation sites (N-methyl/N-ethyl adjacent to an activating group) is 1. The summed E-state index contributed by atoms with van der Waals surface area (Å²) in [5.74, 6) is 0.992. The Labute approximate surface area is 175 Å². The third kappa shape index (κ3) is 5.18. The number of hydrogen-bond donors (Lipinski definition) is 1. The molecule has 1 N–H and O–H groups in total. The Kier molecular flexibility index (Phi) is 6.74. The fourth-order valence-corrected chi connectivity index (χ4v) is 3.25. The number of aryl methyl sites for hydroxylation is 1. The molecule has 7 nitrogen and oxygen atoms in total. The van der Waals surface area contributed by atoms with Gasteiger partial charge in [-0.15, -0.1) is 0 Å². The second kappa shape index (κ2) is 9.45. The van der Waals surface area contributed by atoms with Crippen LogP contribution in [0.3, 0.4) is 0 Å². The lowest BCUT2D eigenvalue weighted by molar-refractivity contribution is -0.123. The van der Waals surface area contributed by atoms with E-state index in [0.717, 1.165) is 22.3 Å². The molecule has 3 rings (SSSR count). The van der Waals surface area contributed by atoms with Crippen molar-refractivity contribution in [3.8, 4) is 11.5 Å². The lowest BCUT2D eigenvalue weighted by Gasteiger charge is -2.25. The van der Waals surface area contributed by atoms with Crippen molar-refractivity contribution in [2.24, 2.45) is 0 Å². The number of fused-ring (bicyclic) bond motifs is 1. The van der Waals surface area contributed by atoms with Crippen LogP contribution in [0.25, 0.3) is 11.0 Å². The molecule has 0 bridgehead atoms. The Morgan fingerprint density at radius 1 is 1.13 bits per heavy atom. The molecule has 1 aromatic heterocycles. The quantitative estimate of drug-likeness (QED) is 0.575. The first-order valence-corrected chi connectivity index (χ1v) is 9.62. The van der Waals surface area contributed by atoms with Crippen LogP contribution in [0.1, 0.15) is 17.2 Å². The van der Waals surface area contributed by atoms with Gasteiger partial charge in [0.1, 0.15) is 17.1 Å². The summed E-state index contributed by atoms with van der Waals surface area (Å²) >= 11 is 0. The van der Waals surface area contributed by atoms with E-state index in [2.05, 4.69) is 5.32 Å². The summed E-state index contributed by atoms with van der Waals surface area (Å²) in [6, 6.07) is 14.4. The number of carbonyl (C=O) groups excluding carboxylic acids is 1. The van der Waals surface area contributed by atoms with Crippen molar-refractivity contribution in [3.05, 3.63) is 70.1 Å². The number of ether oxygens (including phenoxy) is 2. The smallest absolute Gasteiger partial charge is 0.336 e. The standard InChI is InChI=1S/C23H26N2O5/c1-15-10-23(27)30-21-12-18(8-9-19(15)21)29-14-22(26)24-13-20(25(2)3)16-6-5-7-17(11-16)28-4/h5-12,20H,13-14H2,1-4H3,(H,24,26)/t20-/m1/s1. The minimum absolute atomic E-state index is 0.0121. The molecule has 0 spiro atoms. The topological polar surface area (TPSA) is 81.0 Å². The SMILES string of the molecule is COc1cccc([C@@H](CNC(=O)COc2ccc3c(C)cc(=O)oc3c2)N(C)C)c1. The van der Waals surface area contributed by atoms with Gasteiger partial charge in [0, 0.05) is 24.1 Å². The largest absolute Gasteiger partial charge is 0.497 e. The molecule has 2 aromatic carbocycles. The number of amides is 1. The lowest BCUT2D eigenvalue weighted by Crippen LogP contribution is -2.36. The molecule has 1 heterocycles. The summed E-state index contributed by atoms with van der Waals surface area (Å²) in [6.45, 7) is 2.13. The van der Waals surface area contributed by atoms with Gasteiger partial charge in [0.05, 0.1) is 13.2 Å². The van der Waals surface area contributed by atoms with E-state index in [1.165, 1.54) is 6.07 Å². The fraction of sp³-hybridized carbons (Fsp3) is 0.304. The normalized spacial score (nSPS) is 12.0. The molecule has 3 aromatic rings. The van der Waals surface area contributed by atoms with Crippen LogP contribution in [0, 0.1) is 6.92 Å². The third-order valence-corrected chi connectivity index (χ3v) is 4.89. The van der Waals surface area contributed by atoms with Gasteiger partial charge in [-0.25, -0.2) is 4.79 Å². The van der Waals surface area contributed by atoms with Crippen molar-refractivity contribution in [2.45, 2.75) is 13.0 Å². The monoisotopic (exact) mass is 410 g/mol. The molecule has 30 heavy (non-hydrogen) atoms.